The number of nitrogens with zero attached hydrogens (tertiary/aromatic N) is 2. The van der Waals surface area contributed by atoms with E-state index >= 15 is 0 Å². The molecule has 5 nitrogen and oxygen atoms in total. The number of anilines is 1. The molecule has 156 valence electrons. The van der Waals surface area contributed by atoms with Crippen LogP contribution in [0.2, 0.25) is 0 Å². The van der Waals surface area contributed by atoms with Crippen molar-refractivity contribution in [1.82, 2.24) is 9.55 Å². The van der Waals surface area contributed by atoms with Gasteiger partial charge < -0.3 is 10.1 Å². The molecule has 1 N–H and O–H groups in total. The van der Waals surface area contributed by atoms with Gasteiger partial charge in [-0.2, -0.15) is 0 Å². The van der Waals surface area contributed by atoms with Crippen molar-refractivity contribution in [3.05, 3.63) is 108 Å². The Labute approximate surface area is 182 Å². The van der Waals surface area contributed by atoms with E-state index < -0.39 is 0 Å². The van der Waals surface area contributed by atoms with Crippen molar-refractivity contribution in [2.24, 2.45) is 0 Å². The topological polar surface area (TPSA) is 56.1 Å². The third-order valence-electron chi connectivity index (χ3n) is 5.35. The fourth-order valence-corrected chi connectivity index (χ4v) is 3.65. The predicted octanol–water partition coefficient (Wildman–Crippen LogP) is 5.27. The van der Waals surface area contributed by atoms with Gasteiger partial charge in [-0.3, -0.25) is 9.36 Å². The Morgan fingerprint density at radius 3 is 2.42 bits per heavy atom. The van der Waals surface area contributed by atoms with E-state index in [0.29, 0.717) is 12.4 Å². The summed E-state index contributed by atoms with van der Waals surface area (Å²) in [6, 6.07) is 25.5. The van der Waals surface area contributed by atoms with Crippen molar-refractivity contribution >= 4 is 11.5 Å². The lowest BCUT2D eigenvalue weighted by Crippen LogP contribution is -2.24. The summed E-state index contributed by atoms with van der Waals surface area (Å²) < 4.78 is 7.10. The second-order valence-corrected chi connectivity index (χ2v) is 7.34. The molecular formula is C26H25N3O2. The monoisotopic (exact) mass is 411 g/mol. The number of hydrogen-bond acceptors (Lipinski definition) is 4. The minimum absolute atomic E-state index is 0.0273. The summed E-state index contributed by atoms with van der Waals surface area (Å²) in [4.78, 5) is 18.1. The van der Waals surface area contributed by atoms with E-state index in [4.69, 9.17) is 4.74 Å². The number of Topliss-reactive ketones (excluding diaryl/α,β-unsaturated/α-hetero) is 1. The second kappa shape index (κ2) is 9.30. The first kappa shape index (κ1) is 20.4. The zero-order valence-electron chi connectivity index (χ0n) is 17.7. The summed E-state index contributed by atoms with van der Waals surface area (Å²) in [5.41, 5.74) is 3.92. The van der Waals surface area contributed by atoms with Gasteiger partial charge in [-0.25, -0.2) is 4.98 Å². The average molecular weight is 412 g/mol. The Morgan fingerprint density at radius 1 is 1.00 bits per heavy atom. The van der Waals surface area contributed by atoms with Gasteiger partial charge in [0.1, 0.15) is 5.75 Å². The quantitative estimate of drug-likeness (QED) is 0.402. The van der Waals surface area contributed by atoms with E-state index in [1.165, 1.54) is 0 Å². The maximum atomic E-state index is 13.7. The highest BCUT2D eigenvalue weighted by Gasteiger charge is 2.26. The number of nitrogens with one attached hydrogen (secondary N) is 1. The number of rotatable bonds is 8. The summed E-state index contributed by atoms with van der Waals surface area (Å²) in [6.07, 6.45) is 3.52. The van der Waals surface area contributed by atoms with Gasteiger partial charge in [-0.1, -0.05) is 48.5 Å². The lowest BCUT2D eigenvalue weighted by Gasteiger charge is -2.19. The molecule has 0 saturated heterocycles. The van der Waals surface area contributed by atoms with Gasteiger partial charge in [-0.05, 0) is 48.4 Å². The number of ketones is 1. The standard InChI is InChI=1S/C26H25N3O2/c1-19-8-6-7-11-24(19)29-17-16-27-26(29)25(30)23(20-9-4-3-5-10-20)18-28-21-12-14-22(31-2)15-13-21/h3-17,23,28H,18H2,1-2H3/t23-/m1/s1. The molecule has 5 heteroatoms. The molecule has 0 spiro atoms. The zero-order chi connectivity index (χ0) is 21.6. The molecule has 0 fully saturated rings. The van der Waals surface area contributed by atoms with Crippen molar-refractivity contribution in [2.45, 2.75) is 12.8 Å². The number of carbonyl (C=O) groups excluding carboxylic acids is 1. The van der Waals surface area contributed by atoms with Gasteiger partial charge in [0.15, 0.2) is 5.82 Å². The van der Waals surface area contributed by atoms with Crippen LogP contribution in [-0.2, 0) is 0 Å². The number of carbonyl (C=O) groups is 1. The molecule has 0 amide bonds. The number of hydrogen-bond donors (Lipinski definition) is 1. The van der Waals surface area contributed by atoms with Crippen LogP contribution in [0.5, 0.6) is 5.75 Å². The molecule has 0 saturated carbocycles. The van der Waals surface area contributed by atoms with Crippen molar-refractivity contribution in [3.8, 4) is 11.4 Å². The van der Waals surface area contributed by atoms with Gasteiger partial charge in [0.25, 0.3) is 0 Å². The predicted molar refractivity (Wildman–Crippen MR) is 123 cm³/mol. The summed E-state index contributed by atoms with van der Waals surface area (Å²) >= 11 is 0. The molecule has 1 atom stereocenters. The Morgan fingerprint density at radius 2 is 1.71 bits per heavy atom. The van der Waals surface area contributed by atoms with Crippen LogP contribution in [0.25, 0.3) is 5.69 Å². The molecule has 0 aliphatic rings. The highest BCUT2D eigenvalue weighted by Crippen LogP contribution is 2.24. The molecule has 0 aliphatic heterocycles. The van der Waals surface area contributed by atoms with E-state index in [0.717, 1.165) is 28.3 Å². The molecule has 0 radical (unpaired) electrons. The third-order valence-corrected chi connectivity index (χ3v) is 5.35. The van der Waals surface area contributed by atoms with Crippen LogP contribution < -0.4 is 10.1 Å². The largest absolute Gasteiger partial charge is 0.497 e. The van der Waals surface area contributed by atoms with Gasteiger partial charge in [0.05, 0.1) is 18.7 Å². The van der Waals surface area contributed by atoms with Crippen LogP contribution in [0.4, 0.5) is 5.69 Å². The van der Waals surface area contributed by atoms with E-state index in [2.05, 4.69) is 10.3 Å². The third kappa shape index (κ3) is 4.51. The lowest BCUT2D eigenvalue weighted by molar-refractivity contribution is 0.0952. The number of aromatic nitrogens is 2. The first-order chi connectivity index (χ1) is 15.2. The summed E-state index contributed by atoms with van der Waals surface area (Å²) in [7, 11) is 1.64. The van der Waals surface area contributed by atoms with Crippen molar-refractivity contribution in [1.29, 1.82) is 0 Å². The van der Waals surface area contributed by atoms with Crippen molar-refractivity contribution < 1.29 is 9.53 Å². The van der Waals surface area contributed by atoms with Crippen LogP contribution in [0.15, 0.2) is 91.3 Å². The molecular weight excluding hydrogens is 386 g/mol. The van der Waals surface area contributed by atoms with E-state index in [9.17, 15) is 4.79 Å². The molecule has 4 rings (SSSR count). The van der Waals surface area contributed by atoms with Crippen molar-refractivity contribution in [2.75, 3.05) is 19.0 Å². The zero-order valence-corrected chi connectivity index (χ0v) is 17.7. The number of benzene rings is 3. The van der Waals surface area contributed by atoms with Gasteiger partial charge in [0.2, 0.25) is 5.78 Å². The number of aryl methyl sites for hydroxylation is 1. The Hall–Kier alpha value is -3.86. The van der Waals surface area contributed by atoms with Crippen LogP contribution >= 0.6 is 0 Å². The summed E-state index contributed by atoms with van der Waals surface area (Å²) in [5, 5.41) is 3.39. The number of methoxy groups -OCH3 is 1. The Bertz CT molecular complexity index is 1150. The minimum Gasteiger partial charge on any atom is -0.497 e. The molecule has 0 unspecified atom stereocenters. The fourth-order valence-electron chi connectivity index (χ4n) is 3.65. The van der Waals surface area contributed by atoms with Crippen LogP contribution in [0, 0.1) is 6.92 Å². The normalized spacial score (nSPS) is 11.7. The summed E-state index contributed by atoms with van der Waals surface area (Å²) in [5.74, 6) is 0.815. The van der Waals surface area contributed by atoms with E-state index in [1.54, 1.807) is 13.3 Å². The SMILES string of the molecule is COc1ccc(NC[C@@H](C(=O)c2nccn2-c2ccccc2C)c2ccccc2)cc1. The van der Waals surface area contributed by atoms with E-state index in [1.807, 2.05) is 96.6 Å². The molecule has 4 aromatic rings. The molecule has 0 aliphatic carbocycles. The minimum atomic E-state index is -0.381. The number of imidazole rings is 1. The number of ether oxygens (including phenoxy) is 1. The number of para-hydroxylation sites is 1. The second-order valence-electron chi connectivity index (χ2n) is 7.34. The molecule has 31 heavy (non-hydrogen) atoms. The maximum absolute atomic E-state index is 13.7. The fraction of sp³-hybridized carbons (Fsp3) is 0.154. The van der Waals surface area contributed by atoms with Gasteiger partial charge in [0, 0.05) is 24.6 Å². The molecule has 1 heterocycles. The van der Waals surface area contributed by atoms with Crippen LogP contribution in [0.3, 0.4) is 0 Å². The van der Waals surface area contributed by atoms with Crippen LogP contribution in [0.1, 0.15) is 27.7 Å². The average Bonchev–Trinajstić information content (AvgIpc) is 3.30. The summed E-state index contributed by atoms with van der Waals surface area (Å²) in [6.45, 7) is 2.49. The molecule has 3 aromatic carbocycles. The van der Waals surface area contributed by atoms with Gasteiger partial charge in [-0.15, -0.1) is 0 Å². The molecule has 0 bridgehead atoms. The van der Waals surface area contributed by atoms with Gasteiger partial charge >= 0.3 is 0 Å². The maximum Gasteiger partial charge on any atom is 0.207 e. The smallest absolute Gasteiger partial charge is 0.207 e. The highest BCUT2D eigenvalue weighted by atomic mass is 16.5. The lowest BCUT2D eigenvalue weighted by atomic mass is 9.93. The first-order valence-corrected chi connectivity index (χ1v) is 10.2. The van der Waals surface area contributed by atoms with Crippen LogP contribution in [-0.4, -0.2) is 29.0 Å². The van der Waals surface area contributed by atoms with E-state index in [-0.39, 0.29) is 11.7 Å². The highest BCUT2D eigenvalue weighted by molar-refractivity contribution is 5.99. The first-order valence-electron chi connectivity index (χ1n) is 10.2. The Balaban J connectivity index is 1.64. The Kier molecular flexibility index (Phi) is 6.13. The van der Waals surface area contributed by atoms with Crippen molar-refractivity contribution in [3.63, 3.8) is 0 Å². The molecule has 1 aromatic heterocycles.